The first kappa shape index (κ1) is 18.4. The maximum atomic E-state index is 12.6. The van der Waals surface area contributed by atoms with Crippen molar-refractivity contribution in [3.63, 3.8) is 0 Å². The van der Waals surface area contributed by atoms with E-state index in [1.165, 1.54) is 6.92 Å². The van der Waals surface area contributed by atoms with Crippen molar-refractivity contribution in [3.05, 3.63) is 0 Å². The highest BCUT2D eigenvalue weighted by molar-refractivity contribution is 7.99. The van der Waals surface area contributed by atoms with Gasteiger partial charge in [0, 0.05) is 31.3 Å². The summed E-state index contributed by atoms with van der Waals surface area (Å²) in [5.74, 6) is 0.330. The molecule has 2 fully saturated rings. The van der Waals surface area contributed by atoms with E-state index in [9.17, 15) is 22.8 Å². The standard InChI is InChI=1S/C14H22F3N3O2S/c1-2-19(8-14(15,16)17)12(21)10-4-3-5-20(6-10)13(22)11-7-23-9-18-11/h10-11,18H,2-9H2,1H3. The monoisotopic (exact) mass is 353 g/mol. The number of piperidine rings is 1. The zero-order valence-corrected chi connectivity index (χ0v) is 13.9. The lowest BCUT2D eigenvalue weighted by molar-refractivity contribution is -0.164. The number of halogens is 3. The van der Waals surface area contributed by atoms with Gasteiger partial charge in [-0.05, 0) is 19.8 Å². The molecule has 0 spiro atoms. The van der Waals surface area contributed by atoms with Crippen molar-refractivity contribution < 1.29 is 22.8 Å². The summed E-state index contributed by atoms with van der Waals surface area (Å²) in [6, 6.07) is -0.244. The third kappa shape index (κ3) is 5.00. The summed E-state index contributed by atoms with van der Waals surface area (Å²) >= 11 is 1.64. The van der Waals surface area contributed by atoms with E-state index in [-0.39, 0.29) is 25.0 Å². The molecule has 5 nitrogen and oxygen atoms in total. The molecule has 0 bridgehead atoms. The molecule has 2 rings (SSSR count). The Morgan fingerprint density at radius 1 is 1.39 bits per heavy atom. The van der Waals surface area contributed by atoms with Crippen molar-refractivity contribution in [2.45, 2.75) is 32.0 Å². The Hall–Kier alpha value is -0.960. The molecule has 2 aliphatic rings. The zero-order valence-electron chi connectivity index (χ0n) is 13.1. The van der Waals surface area contributed by atoms with Crippen LogP contribution in [0.25, 0.3) is 0 Å². The molecule has 2 amide bonds. The van der Waals surface area contributed by atoms with E-state index in [4.69, 9.17) is 0 Å². The van der Waals surface area contributed by atoms with Gasteiger partial charge in [-0.1, -0.05) is 0 Å². The number of thioether (sulfide) groups is 1. The summed E-state index contributed by atoms with van der Waals surface area (Å²) in [5, 5.41) is 3.09. The van der Waals surface area contributed by atoms with Crippen molar-refractivity contribution in [1.29, 1.82) is 0 Å². The van der Waals surface area contributed by atoms with Crippen LogP contribution in [-0.4, -0.2) is 71.6 Å². The average molecular weight is 353 g/mol. The van der Waals surface area contributed by atoms with Crippen LogP contribution in [0.2, 0.25) is 0 Å². The molecule has 23 heavy (non-hydrogen) atoms. The first-order valence-electron chi connectivity index (χ1n) is 7.77. The number of alkyl halides is 3. The maximum absolute atomic E-state index is 12.6. The average Bonchev–Trinajstić information content (AvgIpc) is 3.05. The number of nitrogens with zero attached hydrogens (tertiary/aromatic N) is 2. The molecule has 2 heterocycles. The fourth-order valence-electron chi connectivity index (χ4n) is 2.97. The summed E-state index contributed by atoms with van der Waals surface area (Å²) in [6.45, 7) is 1.11. The first-order valence-corrected chi connectivity index (χ1v) is 8.92. The summed E-state index contributed by atoms with van der Waals surface area (Å²) in [4.78, 5) is 27.2. The third-order valence-electron chi connectivity index (χ3n) is 4.16. The van der Waals surface area contributed by atoms with E-state index in [2.05, 4.69) is 5.32 Å². The Bertz CT molecular complexity index is 441. The van der Waals surface area contributed by atoms with Crippen LogP contribution >= 0.6 is 11.8 Å². The Labute approximate surface area is 137 Å². The maximum Gasteiger partial charge on any atom is 0.406 e. The molecule has 2 saturated heterocycles. The molecule has 0 aromatic heterocycles. The molecule has 0 aromatic rings. The molecule has 132 valence electrons. The van der Waals surface area contributed by atoms with Crippen molar-refractivity contribution in [2.75, 3.05) is 37.8 Å². The van der Waals surface area contributed by atoms with E-state index >= 15 is 0 Å². The van der Waals surface area contributed by atoms with Crippen LogP contribution in [-0.2, 0) is 9.59 Å². The van der Waals surface area contributed by atoms with Crippen molar-refractivity contribution in [2.24, 2.45) is 5.92 Å². The number of carbonyl (C=O) groups is 2. The lowest BCUT2D eigenvalue weighted by atomic mass is 9.96. The molecule has 2 aliphatic heterocycles. The van der Waals surface area contributed by atoms with Gasteiger partial charge in [0.05, 0.1) is 12.0 Å². The van der Waals surface area contributed by atoms with Gasteiger partial charge in [0.1, 0.15) is 6.54 Å². The largest absolute Gasteiger partial charge is 0.406 e. The number of nitrogens with one attached hydrogen (secondary N) is 1. The van der Waals surface area contributed by atoms with E-state index in [0.717, 1.165) is 10.8 Å². The summed E-state index contributed by atoms with van der Waals surface area (Å²) in [5.41, 5.74) is 0. The van der Waals surface area contributed by atoms with Crippen molar-refractivity contribution >= 4 is 23.6 Å². The Morgan fingerprint density at radius 3 is 2.70 bits per heavy atom. The number of likely N-dealkylation sites (tertiary alicyclic amines) is 1. The predicted molar refractivity (Wildman–Crippen MR) is 81.9 cm³/mol. The second kappa shape index (κ2) is 7.74. The van der Waals surface area contributed by atoms with Crippen molar-refractivity contribution in [1.82, 2.24) is 15.1 Å². The minimum absolute atomic E-state index is 0.0175. The van der Waals surface area contributed by atoms with Gasteiger partial charge in [-0.3, -0.25) is 14.9 Å². The third-order valence-corrected chi connectivity index (χ3v) is 5.10. The number of hydrogen-bond donors (Lipinski definition) is 1. The molecule has 0 aromatic carbocycles. The highest BCUT2D eigenvalue weighted by Crippen LogP contribution is 2.23. The Morgan fingerprint density at radius 2 is 2.13 bits per heavy atom. The quantitative estimate of drug-likeness (QED) is 0.828. The number of amides is 2. The highest BCUT2D eigenvalue weighted by atomic mass is 32.2. The van der Waals surface area contributed by atoms with Crippen LogP contribution in [0.1, 0.15) is 19.8 Å². The molecule has 9 heteroatoms. The number of rotatable bonds is 4. The van der Waals surface area contributed by atoms with Gasteiger partial charge in [0.25, 0.3) is 0 Å². The Kier molecular flexibility index (Phi) is 6.19. The van der Waals surface area contributed by atoms with Crippen LogP contribution < -0.4 is 5.32 Å². The molecule has 0 saturated carbocycles. The highest BCUT2D eigenvalue weighted by Gasteiger charge is 2.37. The van der Waals surface area contributed by atoms with E-state index in [1.54, 1.807) is 16.7 Å². The smallest absolute Gasteiger partial charge is 0.341 e. The molecule has 2 atom stereocenters. The summed E-state index contributed by atoms with van der Waals surface area (Å²) in [7, 11) is 0. The molecular weight excluding hydrogens is 331 g/mol. The topological polar surface area (TPSA) is 52.7 Å². The van der Waals surface area contributed by atoms with E-state index in [0.29, 0.717) is 25.1 Å². The number of hydrogen-bond acceptors (Lipinski definition) is 4. The summed E-state index contributed by atoms with van der Waals surface area (Å²) in [6.07, 6.45) is -3.23. The van der Waals surface area contributed by atoms with Gasteiger partial charge in [-0.15, -0.1) is 11.8 Å². The minimum atomic E-state index is -4.40. The molecule has 1 N–H and O–H groups in total. The lowest BCUT2D eigenvalue weighted by Crippen LogP contribution is -2.52. The zero-order chi connectivity index (χ0) is 17.0. The normalized spacial score (nSPS) is 25.5. The first-order chi connectivity index (χ1) is 10.8. The van der Waals surface area contributed by atoms with E-state index in [1.807, 2.05) is 0 Å². The van der Waals surface area contributed by atoms with Crippen LogP contribution in [0.5, 0.6) is 0 Å². The second-order valence-corrected chi connectivity index (χ2v) is 6.89. The summed E-state index contributed by atoms with van der Waals surface area (Å²) < 4.78 is 37.7. The molecule has 0 radical (unpaired) electrons. The van der Waals surface area contributed by atoms with Gasteiger partial charge < -0.3 is 9.80 Å². The van der Waals surface area contributed by atoms with Crippen LogP contribution in [0.15, 0.2) is 0 Å². The molecule has 2 unspecified atom stereocenters. The van der Waals surface area contributed by atoms with Gasteiger partial charge in [0.15, 0.2) is 0 Å². The minimum Gasteiger partial charge on any atom is -0.341 e. The number of carbonyl (C=O) groups excluding carboxylic acids is 2. The van der Waals surface area contributed by atoms with Gasteiger partial charge in [0.2, 0.25) is 11.8 Å². The predicted octanol–water partition coefficient (Wildman–Crippen LogP) is 1.30. The molecular formula is C14H22F3N3O2S. The SMILES string of the molecule is CCN(CC(F)(F)F)C(=O)C1CCCN(C(=O)C2CSCN2)C1. The van der Waals surface area contributed by atoms with Gasteiger partial charge in [-0.2, -0.15) is 13.2 Å². The van der Waals surface area contributed by atoms with Gasteiger partial charge in [-0.25, -0.2) is 0 Å². The van der Waals surface area contributed by atoms with Crippen LogP contribution in [0.4, 0.5) is 13.2 Å². The van der Waals surface area contributed by atoms with Crippen molar-refractivity contribution in [3.8, 4) is 0 Å². The molecule has 0 aliphatic carbocycles. The van der Waals surface area contributed by atoms with Crippen LogP contribution in [0, 0.1) is 5.92 Å². The van der Waals surface area contributed by atoms with Gasteiger partial charge >= 0.3 is 6.18 Å². The van der Waals surface area contributed by atoms with Crippen LogP contribution in [0.3, 0.4) is 0 Å². The second-order valence-electron chi connectivity index (χ2n) is 5.86. The fraction of sp³-hybridized carbons (Fsp3) is 0.857. The lowest BCUT2D eigenvalue weighted by Gasteiger charge is -2.36. The fourth-order valence-corrected chi connectivity index (χ4v) is 3.91. The van der Waals surface area contributed by atoms with E-state index < -0.39 is 24.5 Å². The Balaban J connectivity index is 1.96.